The number of nitrogens with zero attached hydrogens (tertiary/aromatic N) is 1. The number of halogens is 2. The molecule has 1 amide bonds. The third kappa shape index (κ3) is 4.67. The van der Waals surface area contributed by atoms with Gasteiger partial charge in [0.15, 0.2) is 5.78 Å². The van der Waals surface area contributed by atoms with Gasteiger partial charge in [-0.1, -0.05) is 53.8 Å². The lowest BCUT2D eigenvalue weighted by Crippen LogP contribution is -2.51. The fraction of sp³-hybridized carbons (Fsp3) is 0.429. The number of hydrogen-bond donors (Lipinski definition) is 1. The van der Waals surface area contributed by atoms with E-state index in [1.807, 2.05) is 25.1 Å². The van der Waals surface area contributed by atoms with Crippen molar-refractivity contribution in [3.8, 4) is 11.8 Å². The number of allylic oxidation sites excluding steroid dienone is 4. The van der Waals surface area contributed by atoms with E-state index in [0.29, 0.717) is 40.3 Å². The molecule has 1 N–H and O–H groups in total. The Labute approximate surface area is 252 Å². The summed E-state index contributed by atoms with van der Waals surface area (Å²) in [7, 11) is 1.75. The first-order valence-corrected chi connectivity index (χ1v) is 15.3. The normalized spacial score (nSPS) is 30.4. The van der Waals surface area contributed by atoms with Gasteiger partial charge in [-0.05, 0) is 110 Å². The topological polar surface area (TPSA) is 57.6 Å². The highest BCUT2D eigenvalue weighted by atomic mass is 35.5. The number of fused-ring (bicyclic) bond motifs is 4. The van der Waals surface area contributed by atoms with Crippen molar-refractivity contribution < 1.29 is 14.7 Å². The number of hydrogen-bond acceptors (Lipinski definition) is 3. The molecule has 0 saturated heterocycles. The maximum atomic E-state index is 13.2. The highest BCUT2D eigenvalue weighted by Gasteiger charge is 2.62. The Kier molecular flexibility index (Phi) is 7.22. The van der Waals surface area contributed by atoms with Crippen molar-refractivity contribution in [3.63, 3.8) is 0 Å². The molecule has 212 valence electrons. The molecule has 2 fully saturated rings. The molecule has 0 aliphatic heterocycles. The zero-order valence-electron chi connectivity index (χ0n) is 23.8. The molecule has 4 aliphatic carbocycles. The molecular weight excluding hydrogens is 553 g/mol. The van der Waals surface area contributed by atoms with Crippen LogP contribution in [0.3, 0.4) is 0 Å². The molecule has 6 rings (SSSR count). The van der Waals surface area contributed by atoms with E-state index in [9.17, 15) is 14.7 Å². The van der Waals surface area contributed by atoms with E-state index in [2.05, 4.69) is 30.9 Å². The first-order valence-electron chi connectivity index (χ1n) is 14.5. The molecule has 0 aromatic heterocycles. The van der Waals surface area contributed by atoms with E-state index in [4.69, 9.17) is 23.2 Å². The van der Waals surface area contributed by atoms with Crippen molar-refractivity contribution in [1.82, 2.24) is 0 Å². The Bertz CT molecular complexity index is 1540. The molecule has 4 aliphatic rings. The predicted molar refractivity (Wildman–Crippen MR) is 164 cm³/mol. The Hall–Kier alpha value is -2.84. The highest BCUT2D eigenvalue weighted by molar-refractivity contribution is 6.35. The molecule has 0 spiro atoms. The lowest BCUT2D eigenvalue weighted by molar-refractivity contribution is -0.114. The maximum absolute atomic E-state index is 13.2. The number of carbonyl (C=O) groups excluding carboxylic acids is 2. The van der Waals surface area contributed by atoms with E-state index < -0.39 is 5.60 Å². The number of anilines is 1. The van der Waals surface area contributed by atoms with Gasteiger partial charge in [-0.3, -0.25) is 9.59 Å². The van der Waals surface area contributed by atoms with E-state index in [-0.39, 0.29) is 23.0 Å². The van der Waals surface area contributed by atoms with Crippen LogP contribution in [0, 0.1) is 29.1 Å². The zero-order chi connectivity index (χ0) is 29.1. The van der Waals surface area contributed by atoms with Crippen LogP contribution in [-0.4, -0.2) is 29.4 Å². The number of aliphatic hydroxyl groups is 1. The Morgan fingerprint density at radius 3 is 2.44 bits per heavy atom. The summed E-state index contributed by atoms with van der Waals surface area (Å²) in [4.78, 5) is 27.2. The van der Waals surface area contributed by atoms with Gasteiger partial charge in [-0.2, -0.15) is 0 Å². The van der Waals surface area contributed by atoms with Crippen LogP contribution in [0.4, 0.5) is 5.69 Å². The summed E-state index contributed by atoms with van der Waals surface area (Å²) in [6.07, 6.45) is 7.63. The van der Waals surface area contributed by atoms with Gasteiger partial charge >= 0.3 is 0 Å². The Morgan fingerprint density at radius 2 is 1.76 bits per heavy atom. The highest BCUT2D eigenvalue weighted by Crippen LogP contribution is 2.66. The summed E-state index contributed by atoms with van der Waals surface area (Å²) in [5, 5.41) is 12.7. The van der Waals surface area contributed by atoms with Gasteiger partial charge in [-0.25, -0.2) is 0 Å². The minimum absolute atomic E-state index is 0.109. The van der Waals surface area contributed by atoms with E-state index in [1.165, 1.54) is 22.3 Å². The molecule has 0 heterocycles. The van der Waals surface area contributed by atoms with Crippen molar-refractivity contribution >= 4 is 40.6 Å². The van der Waals surface area contributed by atoms with Gasteiger partial charge in [0.25, 0.3) is 5.91 Å². The van der Waals surface area contributed by atoms with E-state index >= 15 is 0 Å². The molecule has 6 heteroatoms. The lowest BCUT2D eigenvalue weighted by atomic mass is 9.51. The van der Waals surface area contributed by atoms with Crippen molar-refractivity contribution in [2.75, 3.05) is 11.9 Å². The van der Waals surface area contributed by atoms with Gasteiger partial charge in [0.2, 0.25) is 0 Å². The van der Waals surface area contributed by atoms with Gasteiger partial charge < -0.3 is 10.0 Å². The molecule has 4 nitrogen and oxygen atoms in total. The van der Waals surface area contributed by atoms with E-state index in [0.717, 1.165) is 37.8 Å². The summed E-state index contributed by atoms with van der Waals surface area (Å²) in [6, 6.07) is 13.1. The number of rotatable bonds is 3. The first kappa shape index (κ1) is 28.3. The van der Waals surface area contributed by atoms with Crippen molar-refractivity contribution in [1.29, 1.82) is 0 Å². The van der Waals surface area contributed by atoms with Crippen LogP contribution in [0.5, 0.6) is 0 Å². The molecule has 41 heavy (non-hydrogen) atoms. The monoisotopic (exact) mass is 587 g/mol. The number of amides is 1. The fourth-order valence-electron chi connectivity index (χ4n) is 8.29. The van der Waals surface area contributed by atoms with Crippen molar-refractivity contribution in [2.45, 2.75) is 70.3 Å². The summed E-state index contributed by atoms with van der Waals surface area (Å²) in [5.74, 6) is 7.11. The zero-order valence-corrected chi connectivity index (χ0v) is 25.3. The van der Waals surface area contributed by atoms with Gasteiger partial charge in [0, 0.05) is 46.1 Å². The molecule has 0 unspecified atom stereocenters. The largest absolute Gasteiger partial charge is 0.377 e. The summed E-state index contributed by atoms with van der Waals surface area (Å²) in [5.41, 5.74) is 5.08. The number of ketones is 1. The van der Waals surface area contributed by atoms with Crippen LogP contribution in [-0.2, 0) is 4.79 Å². The third-order valence-electron chi connectivity index (χ3n) is 10.3. The lowest BCUT2D eigenvalue weighted by Gasteiger charge is -2.53. The third-order valence-corrected chi connectivity index (χ3v) is 10.8. The smallest absolute Gasteiger partial charge is 0.258 e. The second-order valence-corrected chi connectivity index (χ2v) is 13.3. The Morgan fingerprint density at radius 1 is 1.05 bits per heavy atom. The Balaban J connectivity index is 1.39. The maximum Gasteiger partial charge on any atom is 0.258 e. The second kappa shape index (κ2) is 10.5. The number of benzene rings is 2. The molecule has 5 atom stereocenters. The average molecular weight is 589 g/mol. The van der Waals surface area contributed by atoms with Crippen LogP contribution in [0.1, 0.15) is 80.6 Å². The minimum atomic E-state index is -1.01. The molecule has 2 aromatic carbocycles. The first-order chi connectivity index (χ1) is 19.5. The summed E-state index contributed by atoms with van der Waals surface area (Å²) < 4.78 is 0. The average Bonchev–Trinajstić information content (AvgIpc) is 3.21. The second-order valence-electron chi connectivity index (χ2n) is 12.4. The van der Waals surface area contributed by atoms with Crippen LogP contribution in [0.25, 0.3) is 0 Å². The SMILES string of the molecule is CC#C[C@]1(O)CC[C@H]2[C@@H]3CCC4=CC(=O)CCC4=C3[C@@H](c3ccc(N(C)C(=O)c4cc(Cl)cc(Cl)c4)cc3)C[C@@]21C. The van der Waals surface area contributed by atoms with Crippen LogP contribution in [0.15, 0.2) is 65.3 Å². The summed E-state index contributed by atoms with van der Waals surface area (Å²) in [6.45, 7) is 4.06. The molecular formula is C35H35Cl2NO3. The van der Waals surface area contributed by atoms with Gasteiger partial charge in [0.05, 0.1) is 0 Å². The molecule has 0 bridgehead atoms. The number of carbonyl (C=O) groups is 2. The fourth-order valence-corrected chi connectivity index (χ4v) is 8.82. The van der Waals surface area contributed by atoms with Crippen molar-refractivity contribution in [2.24, 2.45) is 17.3 Å². The van der Waals surface area contributed by atoms with Gasteiger partial charge in [0.1, 0.15) is 5.60 Å². The quantitative estimate of drug-likeness (QED) is 0.371. The van der Waals surface area contributed by atoms with Crippen molar-refractivity contribution in [3.05, 3.63) is 86.4 Å². The van der Waals surface area contributed by atoms with Crippen LogP contribution >= 0.6 is 23.2 Å². The van der Waals surface area contributed by atoms with E-state index in [1.54, 1.807) is 30.1 Å². The van der Waals surface area contributed by atoms with Gasteiger partial charge in [-0.15, -0.1) is 5.92 Å². The molecule has 2 aromatic rings. The van der Waals surface area contributed by atoms with Crippen LogP contribution < -0.4 is 4.90 Å². The van der Waals surface area contributed by atoms with Crippen LogP contribution in [0.2, 0.25) is 10.0 Å². The predicted octanol–water partition coefficient (Wildman–Crippen LogP) is 7.92. The molecule has 2 saturated carbocycles. The summed E-state index contributed by atoms with van der Waals surface area (Å²) >= 11 is 12.3. The molecule has 0 radical (unpaired) electrons. The minimum Gasteiger partial charge on any atom is -0.377 e. The standard InChI is InChI=1S/C35H35Cl2NO3/c1-4-14-35(41)15-13-31-29-11-7-22-18-27(39)10-12-28(22)32(29)30(20-34(31,35)2)21-5-8-26(9-6-21)38(3)33(40)23-16-24(36)19-25(37)17-23/h5-6,8-9,16-19,29-31,41H,7,10-13,15,20H2,1-3H3/t29-,30+,31-,34-,35-/m0/s1.